The van der Waals surface area contributed by atoms with E-state index in [1.165, 1.54) is 22.8 Å². The van der Waals surface area contributed by atoms with Crippen molar-refractivity contribution in [3.63, 3.8) is 0 Å². The van der Waals surface area contributed by atoms with Gasteiger partial charge in [0.1, 0.15) is 5.69 Å². The average molecular weight is 303 g/mol. The fourth-order valence-corrected chi connectivity index (χ4v) is 3.35. The van der Waals surface area contributed by atoms with Crippen LogP contribution in [0.5, 0.6) is 11.8 Å². The Balaban J connectivity index is 1.92. The summed E-state index contributed by atoms with van der Waals surface area (Å²) in [7, 11) is 0. The van der Waals surface area contributed by atoms with Gasteiger partial charge in [0.15, 0.2) is 0 Å². The minimum atomic E-state index is -0.600. The van der Waals surface area contributed by atoms with Crippen molar-refractivity contribution in [1.29, 1.82) is 0 Å². The van der Waals surface area contributed by atoms with Crippen LogP contribution in [0.3, 0.4) is 0 Å². The van der Waals surface area contributed by atoms with Crippen LogP contribution in [0, 0.1) is 10.1 Å². The van der Waals surface area contributed by atoms with Crippen LogP contribution in [0.25, 0.3) is 5.69 Å². The predicted molar refractivity (Wildman–Crippen MR) is 76.0 cm³/mol. The molecule has 22 heavy (non-hydrogen) atoms. The summed E-state index contributed by atoms with van der Waals surface area (Å²) < 4.78 is 6.85. The third kappa shape index (κ3) is 1.49. The zero-order chi connectivity index (χ0) is 15.6. The lowest BCUT2D eigenvalue weighted by Crippen LogP contribution is -2.00. The summed E-state index contributed by atoms with van der Waals surface area (Å²) in [6, 6.07) is 4.12. The highest BCUT2D eigenvalue weighted by molar-refractivity contribution is 5.65. The maximum atomic E-state index is 11.0. The Hall–Kier alpha value is -2.74. The van der Waals surface area contributed by atoms with E-state index in [1.54, 1.807) is 0 Å². The van der Waals surface area contributed by atoms with E-state index in [0.29, 0.717) is 11.1 Å². The van der Waals surface area contributed by atoms with Crippen molar-refractivity contribution in [2.75, 3.05) is 5.73 Å². The van der Waals surface area contributed by atoms with Crippen molar-refractivity contribution in [3.8, 4) is 17.4 Å². The number of benzene rings is 1. The molecule has 4 N–H and O–H groups in total. The van der Waals surface area contributed by atoms with Crippen molar-refractivity contribution in [3.05, 3.63) is 39.4 Å². The van der Waals surface area contributed by atoms with Gasteiger partial charge >= 0.3 is 0 Å². The highest BCUT2D eigenvalue weighted by atomic mass is 16.6. The molecule has 0 aliphatic carbocycles. The normalized spacial score (nSPS) is 22.0. The molecule has 0 radical (unpaired) electrons. The second-order valence-corrected chi connectivity index (χ2v) is 5.50. The number of anilines is 1. The predicted octanol–water partition coefficient (Wildman–Crippen LogP) is 2.29. The number of nitrogen functional groups attached to an aromatic ring is 1. The van der Waals surface area contributed by atoms with Gasteiger partial charge in [0.05, 0.1) is 33.9 Å². The van der Waals surface area contributed by atoms with Gasteiger partial charge in [0.25, 0.3) is 5.69 Å². The van der Waals surface area contributed by atoms with E-state index < -0.39 is 4.92 Å². The molecule has 0 spiro atoms. The van der Waals surface area contributed by atoms with Gasteiger partial charge in [-0.2, -0.15) is 0 Å². The smallest absolute Gasteiger partial charge is 0.294 e. The van der Waals surface area contributed by atoms with Gasteiger partial charge in [0.2, 0.25) is 11.8 Å². The van der Waals surface area contributed by atoms with E-state index in [4.69, 9.17) is 10.5 Å². The Kier molecular flexibility index (Phi) is 2.44. The molecule has 2 atom stereocenters. The van der Waals surface area contributed by atoms with Gasteiger partial charge in [-0.1, -0.05) is 0 Å². The van der Waals surface area contributed by atoms with Gasteiger partial charge in [-0.3, -0.25) is 14.7 Å². The molecule has 1 aromatic heterocycles. The molecule has 3 heterocycles. The van der Waals surface area contributed by atoms with Crippen LogP contribution in [-0.4, -0.2) is 19.7 Å². The van der Waals surface area contributed by atoms with E-state index >= 15 is 0 Å². The summed E-state index contributed by atoms with van der Waals surface area (Å²) in [6.45, 7) is 0. The van der Waals surface area contributed by atoms with Crippen molar-refractivity contribution in [2.45, 2.75) is 25.0 Å². The summed E-state index contributed by atoms with van der Waals surface area (Å²) in [6.07, 6.45) is 1.12. The molecule has 2 aliphatic heterocycles. The molecule has 0 unspecified atom stereocenters. The van der Waals surface area contributed by atoms with Crippen LogP contribution in [0.1, 0.15) is 36.2 Å². The van der Waals surface area contributed by atoms with Crippen LogP contribution < -0.4 is 5.73 Å². The standard InChI is InChI=1S/C14H13N3O5/c15-7-2-1-6(5-8(7)17(20)21)16-13(18)11-9-3-4-10(22-9)12(11)14(16)19/h1-2,5,9-10,18-19H,3-4,15H2/t9-,10+. The molecule has 2 aliphatic rings. The minimum absolute atomic E-state index is 0.0239. The number of fused-ring (bicyclic) bond motifs is 5. The number of aromatic nitrogens is 1. The first-order valence-corrected chi connectivity index (χ1v) is 6.85. The molecule has 2 bridgehead atoms. The number of nitrogens with zero attached hydrogens (tertiary/aromatic N) is 2. The monoisotopic (exact) mass is 303 g/mol. The zero-order valence-corrected chi connectivity index (χ0v) is 11.4. The number of nitro benzene ring substituents is 1. The summed E-state index contributed by atoms with van der Waals surface area (Å²) in [5, 5.41) is 31.9. The first-order valence-electron chi connectivity index (χ1n) is 6.85. The van der Waals surface area contributed by atoms with Crippen LogP contribution >= 0.6 is 0 Å². The Morgan fingerprint density at radius 2 is 1.82 bits per heavy atom. The summed E-state index contributed by atoms with van der Waals surface area (Å²) in [5.41, 5.74) is 6.76. The fraction of sp³-hybridized carbons (Fsp3) is 0.286. The molecule has 8 nitrogen and oxygen atoms in total. The second-order valence-electron chi connectivity index (χ2n) is 5.50. The van der Waals surface area contributed by atoms with E-state index in [9.17, 15) is 20.3 Å². The van der Waals surface area contributed by atoms with Crippen molar-refractivity contribution >= 4 is 11.4 Å². The number of aromatic hydroxyl groups is 2. The molecule has 114 valence electrons. The molecule has 0 saturated carbocycles. The van der Waals surface area contributed by atoms with Crippen LogP contribution in [-0.2, 0) is 4.74 Å². The molecular formula is C14H13N3O5. The molecular weight excluding hydrogens is 290 g/mol. The molecule has 2 aromatic rings. The Morgan fingerprint density at radius 3 is 2.36 bits per heavy atom. The van der Waals surface area contributed by atoms with Gasteiger partial charge in [0, 0.05) is 6.07 Å². The minimum Gasteiger partial charge on any atom is -0.494 e. The first kappa shape index (κ1) is 13.0. The topological polar surface area (TPSA) is 124 Å². The summed E-state index contributed by atoms with van der Waals surface area (Å²) >= 11 is 0. The number of rotatable bonds is 2. The Labute approximate surface area is 124 Å². The quantitative estimate of drug-likeness (QED) is 0.444. The van der Waals surface area contributed by atoms with Crippen LogP contribution in [0.2, 0.25) is 0 Å². The van der Waals surface area contributed by atoms with Gasteiger partial charge in [-0.05, 0) is 25.0 Å². The molecule has 1 saturated heterocycles. The molecule has 4 rings (SSSR count). The maximum absolute atomic E-state index is 11.0. The molecule has 8 heteroatoms. The maximum Gasteiger partial charge on any atom is 0.294 e. The highest BCUT2D eigenvalue weighted by Crippen LogP contribution is 2.58. The van der Waals surface area contributed by atoms with Gasteiger partial charge < -0.3 is 20.7 Å². The number of hydrogen-bond acceptors (Lipinski definition) is 6. The number of ether oxygens (including phenoxy) is 1. The fourth-order valence-electron chi connectivity index (χ4n) is 3.35. The van der Waals surface area contributed by atoms with E-state index in [2.05, 4.69) is 0 Å². The number of nitro groups is 1. The van der Waals surface area contributed by atoms with E-state index in [1.807, 2.05) is 0 Å². The molecule has 1 fully saturated rings. The van der Waals surface area contributed by atoms with E-state index in [0.717, 1.165) is 12.8 Å². The summed E-state index contributed by atoms with van der Waals surface area (Å²) in [4.78, 5) is 10.4. The largest absolute Gasteiger partial charge is 0.494 e. The molecule has 0 amide bonds. The van der Waals surface area contributed by atoms with Crippen LogP contribution in [0.15, 0.2) is 18.2 Å². The second kappa shape index (κ2) is 4.14. The average Bonchev–Trinajstić information content (AvgIpc) is 3.14. The van der Waals surface area contributed by atoms with Crippen LogP contribution in [0.4, 0.5) is 11.4 Å². The lowest BCUT2D eigenvalue weighted by atomic mass is 9.95. The third-order valence-corrected chi connectivity index (χ3v) is 4.33. The Bertz CT molecular complexity index is 780. The van der Waals surface area contributed by atoms with Gasteiger partial charge in [-0.25, -0.2) is 0 Å². The van der Waals surface area contributed by atoms with Crippen molar-refractivity contribution in [2.24, 2.45) is 0 Å². The highest BCUT2D eigenvalue weighted by Gasteiger charge is 2.45. The number of nitrogens with two attached hydrogens (primary N) is 1. The lowest BCUT2D eigenvalue weighted by molar-refractivity contribution is -0.383. The zero-order valence-electron chi connectivity index (χ0n) is 11.4. The lowest BCUT2D eigenvalue weighted by Gasteiger charge is -2.10. The van der Waals surface area contributed by atoms with Gasteiger partial charge in [-0.15, -0.1) is 0 Å². The third-order valence-electron chi connectivity index (χ3n) is 4.33. The van der Waals surface area contributed by atoms with Crippen molar-refractivity contribution in [1.82, 2.24) is 4.57 Å². The number of hydrogen-bond donors (Lipinski definition) is 3. The van der Waals surface area contributed by atoms with E-state index in [-0.39, 0.29) is 41.0 Å². The SMILES string of the molecule is Nc1ccc(-n2c(O)c3c(c2O)[C@H]2CC[C@@H]3O2)cc1[N+](=O)[O-]. The summed E-state index contributed by atoms with van der Waals surface area (Å²) in [5.74, 6) is -0.280. The first-order chi connectivity index (χ1) is 10.5. The Morgan fingerprint density at radius 1 is 1.23 bits per heavy atom. The molecule has 1 aromatic carbocycles. The van der Waals surface area contributed by atoms with Crippen molar-refractivity contribution < 1.29 is 19.9 Å².